The van der Waals surface area contributed by atoms with Gasteiger partial charge in [-0.1, -0.05) is 49.7 Å². The van der Waals surface area contributed by atoms with E-state index < -0.39 is 23.8 Å². The highest BCUT2D eigenvalue weighted by atomic mass is 16.7. The lowest BCUT2D eigenvalue weighted by molar-refractivity contribution is -0.141. The number of nitrogens with one attached hydrogen (secondary N) is 2. The molecule has 6 rings (SSSR count). The molecular formula is C37H44N2O7. The Hall–Kier alpha value is -4.37. The lowest BCUT2D eigenvalue weighted by Crippen LogP contribution is -2.48. The van der Waals surface area contributed by atoms with E-state index in [1.54, 1.807) is 23.7 Å². The number of amides is 2. The van der Waals surface area contributed by atoms with Crippen LogP contribution >= 0.6 is 0 Å². The van der Waals surface area contributed by atoms with Crippen LogP contribution in [-0.2, 0) is 28.9 Å². The number of carbonyl (C=O) groups excluding carboxylic acids is 3. The average Bonchev–Trinajstić information content (AvgIpc) is 3.55. The molecule has 0 saturated heterocycles. The summed E-state index contributed by atoms with van der Waals surface area (Å²) in [5, 5.41) is 12.7. The molecule has 3 N–H and O–H groups in total. The van der Waals surface area contributed by atoms with E-state index in [1.165, 1.54) is 5.56 Å². The number of hydrogen-bond donors (Lipinski definition) is 3. The van der Waals surface area contributed by atoms with Crippen LogP contribution in [0.15, 0.2) is 66.7 Å². The molecular weight excluding hydrogens is 584 g/mol. The summed E-state index contributed by atoms with van der Waals surface area (Å²) in [7, 11) is 0. The third kappa shape index (κ3) is 8.66. The Morgan fingerprint density at radius 2 is 1.61 bits per heavy atom. The Kier molecular flexibility index (Phi) is 11.7. The quantitative estimate of drug-likeness (QED) is 0.143. The number of hydroxylamine groups is 1. The predicted molar refractivity (Wildman–Crippen MR) is 173 cm³/mol. The summed E-state index contributed by atoms with van der Waals surface area (Å²) in [6, 6.07) is 20.2. The first kappa shape index (κ1) is 33.0. The van der Waals surface area contributed by atoms with Crippen molar-refractivity contribution in [3.05, 3.63) is 89.0 Å². The number of aryl methyl sites for hydroxylation is 2. The molecule has 0 saturated carbocycles. The Morgan fingerprint density at radius 1 is 0.891 bits per heavy atom. The monoisotopic (exact) mass is 628 g/mol. The van der Waals surface area contributed by atoms with E-state index in [1.807, 2.05) is 24.3 Å². The Balaban J connectivity index is 1.39. The van der Waals surface area contributed by atoms with Crippen molar-refractivity contribution in [3.63, 3.8) is 0 Å². The van der Waals surface area contributed by atoms with Gasteiger partial charge in [0.1, 0.15) is 5.75 Å². The van der Waals surface area contributed by atoms with Gasteiger partial charge >= 0.3 is 0 Å². The van der Waals surface area contributed by atoms with Crippen LogP contribution in [0.5, 0.6) is 17.2 Å². The summed E-state index contributed by atoms with van der Waals surface area (Å²) in [6.07, 6.45) is 7.11. The van der Waals surface area contributed by atoms with Crippen molar-refractivity contribution in [3.8, 4) is 17.2 Å². The molecule has 1 unspecified atom stereocenters. The summed E-state index contributed by atoms with van der Waals surface area (Å²) in [4.78, 5) is 41.2. The lowest BCUT2D eigenvalue weighted by Gasteiger charge is -2.27. The van der Waals surface area contributed by atoms with E-state index in [-0.39, 0.29) is 24.9 Å². The fourth-order valence-corrected chi connectivity index (χ4v) is 6.25. The van der Waals surface area contributed by atoms with Crippen molar-refractivity contribution in [2.24, 2.45) is 11.8 Å². The molecule has 0 spiro atoms. The number of rotatable bonds is 10. The Bertz CT molecular complexity index is 1470. The topological polar surface area (TPSA) is 123 Å². The number of hydrogen-bond acceptors (Lipinski definition) is 7. The van der Waals surface area contributed by atoms with Crippen molar-refractivity contribution in [2.45, 2.75) is 77.2 Å². The molecule has 9 nitrogen and oxygen atoms in total. The maximum absolute atomic E-state index is 14.2. The van der Waals surface area contributed by atoms with Crippen molar-refractivity contribution in [1.82, 2.24) is 10.8 Å². The van der Waals surface area contributed by atoms with E-state index in [4.69, 9.17) is 14.2 Å². The molecule has 2 amide bonds. The number of ketones is 1. The first-order valence-corrected chi connectivity index (χ1v) is 16.4. The first-order chi connectivity index (χ1) is 22.4. The summed E-state index contributed by atoms with van der Waals surface area (Å²) < 4.78 is 16.8. The SMILES string of the molecule is CCCCc1ccc(CCCC2C(=O)N[C@H](C(=O)c3ccc4c(c3)OCO4)Cc3ccc(cc3)OCCCC[C@@H]2C(=O)NO)cc1. The smallest absolute Gasteiger partial charge is 0.247 e. The van der Waals surface area contributed by atoms with Gasteiger partial charge in [0.05, 0.1) is 18.6 Å². The van der Waals surface area contributed by atoms with E-state index in [2.05, 4.69) is 36.5 Å². The predicted octanol–water partition coefficient (Wildman–Crippen LogP) is 5.99. The number of ether oxygens (including phenoxy) is 3. The zero-order chi connectivity index (χ0) is 32.3. The highest BCUT2D eigenvalue weighted by Crippen LogP contribution is 2.33. The van der Waals surface area contributed by atoms with E-state index >= 15 is 0 Å². The van der Waals surface area contributed by atoms with Crippen molar-refractivity contribution in [1.29, 1.82) is 0 Å². The van der Waals surface area contributed by atoms with Crippen LogP contribution in [0, 0.1) is 11.8 Å². The van der Waals surface area contributed by atoms with E-state index in [0.29, 0.717) is 61.5 Å². The van der Waals surface area contributed by atoms with Crippen LogP contribution in [0.3, 0.4) is 0 Å². The first-order valence-electron chi connectivity index (χ1n) is 16.4. The number of carbonyl (C=O) groups is 3. The summed E-state index contributed by atoms with van der Waals surface area (Å²) in [6.45, 7) is 2.73. The molecule has 3 aliphatic heterocycles. The van der Waals surface area contributed by atoms with Crippen LogP contribution < -0.4 is 25.0 Å². The van der Waals surface area contributed by atoms with Gasteiger partial charge in [0.25, 0.3) is 0 Å². The highest BCUT2D eigenvalue weighted by Gasteiger charge is 2.35. The van der Waals surface area contributed by atoms with Crippen LogP contribution in [0.4, 0.5) is 0 Å². The maximum Gasteiger partial charge on any atom is 0.247 e. The van der Waals surface area contributed by atoms with E-state index in [0.717, 1.165) is 36.8 Å². The van der Waals surface area contributed by atoms with Gasteiger partial charge in [-0.2, -0.15) is 0 Å². The second-order valence-electron chi connectivity index (χ2n) is 12.2. The molecule has 244 valence electrons. The number of Topliss-reactive ketones (excluding diaryl/α,β-unsaturated/α-hetero) is 1. The van der Waals surface area contributed by atoms with Gasteiger partial charge in [-0.15, -0.1) is 0 Å². The van der Waals surface area contributed by atoms with Crippen LogP contribution in [0.1, 0.15) is 78.9 Å². The second-order valence-corrected chi connectivity index (χ2v) is 12.2. The zero-order valence-electron chi connectivity index (χ0n) is 26.5. The summed E-state index contributed by atoms with van der Waals surface area (Å²) in [5.74, 6) is -1.04. The molecule has 3 atom stereocenters. The molecule has 0 aliphatic carbocycles. The minimum absolute atomic E-state index is 0.0839. The second kappa shape index (κ2) is 16.3. The zero-order valence-corrected chi connectivity index (χ0v) is 26.5. The van der Waals surface area contributed by atoms with Gasteiger partial charge in [0.15, 0.2) is 17.3 Å². The number of benzene rings is 3. The van der Waals surface area contributed by atoms with Gasteiger partial charge < -0.3 is 19.5 Å². The molecule has 2 bridgehead atoms. The molecule has 3 aromatic carbocycles. The molecule has 46 heavy (non-hydrogen) atoms. The molecule has 3 aromatic rings. The average molecular weight is 629 g/mol. The summed E-state index contributed by atoms with van der Waals surface area (Å²) >= 11 is 0. The van der Waals surface area contributed by atoms with Gasteiger partial charge in [-0.3, -0.25) is 19.6 Å². The Labute approximate surface area is 270 Å². The van der Waals surface area contributed by atoms with Crippen LogP contribution in [0.25, 0.3) is 0 Å². The lowest BCUT2D eigenvalue weighted by atomic mass is 9.82. The van der Waals surface area contributed by atoms with Crippen molar-refractivity contribution in [2.75, 3.05) is 13.4 Å². The van der Waals surface area contributed by atoms with Gasteiger partial charge in [0, 0.05) is 17.9 Å². The summed E-state index contributed by atoms with van der Waals surface area (Å²) in [5.41, 5.74) is 5.51. The fraction of sp³-hybridized carbons (Fsp3) is 0.432. The minimum Gasteiger partial charge on any atom is -0.494 e. The standard InChI is InChI=1S/C37H44N2O7/c1-2-3-7-25-11-13-26(14-12-25)8-6-10-30-31(37(42)39-43)9-4-5-21-44-29-18-15-27(16-19-29)22-32(38-36(30)41)35(40)28-17-20-33-34(23-28)46-24-45-33/h11-20,23,30-32,43H,2-10,21-22,24H2,1H3,(H,38,41)(H,39,42)/t30?,31-,32-/m0/s1. The number of unbranched alkanes of at least 4 members (excludes halogenated alkanes) is 1. The highest BCUT2D eigenvalue weighted by molar-refractivity contribution is 6.03. The molecule has 3 aliphatic rings. The van der Waals surface area contributed by atoms with Gasteiger partial charge in [-0.25, -0.2) is 5.48 Å². The molecule has 0 radical (unpaired) electrons. The van der Waals surface area contributed by atoms with Crippen molar-refractivity contribution >= 4 is 17.6 Å². The molecule has 0 aromatic heterocycles. The largest absolute Gasteiger partial charge is 0.494 e. The van der Waals surface area contributed by atoms with Gasteiger partial charge in [0.2, 0.25) is 18.6 Å². The molecule has 9 heteroatoms. The fourth-order valence-electron chi connectivity index (χ4n) is 6.25. The molecule has 0 fully saturated rings. The van der Waals surface area contributed by atoms with Crippen molar-refractivity contribution < 1.29 is 33.8 Å². The Morgan fingerprint density at radius 3 is 2.33 bits per heavy atom. The maximum atomic E-state index is 14.2. The number of fused-ring (bicyclic) bond motifs is 13. The van der Waals surface area contributed by atoms with E-state index in [9.17, 15) is 19.6 Å². The van der Waals surface area contributed by atoms with Gasteiger partial charge in [-0.05, 0) is 98.4 Å². The molecule has 3 heterocycles. The van der Waals surface area contributed by atoms with Crippen LogP contribution in [-0.4, -0.2) is 42.2 Å². The minimum atomic E-state index is -0.902. The third-order valence-electron chi connectivity index (χ3n) is 8.92. The third-order valence-corrected chi connectivity index (χ3v) is 8.92. The van der Waals surface area contributed by atoms with Crippen LogP contribution in [0.2, 0.25) is 0 Å². The normalized spacial score (nSPS) is 19.8.